The summed E-state index contributed by atoms with van der Waals surface area (Å²) in [6.07, 6.45) is 1.35. The summed E-state index contributed by atoms with van der Waals surface area (Å²) in [6, 6.07) is 12.1. The van der Waals surface area contributed by atoms with Crippen LogP contribution in [0.25, 0.3) is 0 Å². The smallest absolute Gasteiger partial charge is 0.263 e. The van der Waals surface area contributed by atoms with E-state index in [0.717, 1.165) is 4.88 Å². The van der Waals surface area contributed by atoms with Crippen molar-refractivity contribution in [3.8, 4) is 0 Å². The monoisotopic (exact) mass is 441 g/mol. The Bertz CT molecular complexity index is 889. The standard InChI is InChI=1S/C23H27N3O4S/c27-21(18-5-2-1-3-6-18)24-20(23(29)26-12-14-30-15-13-26)17-8-10-25(11-9-17)22(28)19-7-4-16-31-19/h1-7,16-17,20H,8-15H2,(H,24,27)/t20-/m1/s1. The van der Waals surface area contributed by atoms with E-state index in [4.69, 9.17) is 4.74 Å². The number of morpholine rings is 1. The second kappa shape index (κ2) is 10.1. The molecule has 4 rings (SSSR count). The Morgan fingerprint density at radius 2 is 1.65 bits per heavy atom. The third-order valence-corrected chi connectivity index (χ3v) is 6.80. The van der Waals surface area contributed by atoms with Gasteiger partial charge in [0, 0.05) is 31.7 Å². The minimum absolute atomic E-state index is 0.0182. The zero-order valence-electron chi connectivity index (χ0n) is 17.4. The molecule has 3 heterocycles. The molecule has 0 aliphatic carbocycles. The molecule has 2 fully saturated rings. The first-order chi connectivity index (χ1) is 15.1. The fourth-order valence-electron chi connectivity index (χ4n) is 4.17. The summed E-state index contributed by atoms with van der Waals surface area (Å²) in [6.45, 7) is 3.25. The topological polar surface area (TPSA) is 79.0 Å². The first-order valence-electron chi connectivity index (χ1n) is 10.7. The van der Waals surface area contributed by atoms with E-state index < -0.39 is 6.04 Å². The second-order valence-electron chi connectivity index (χ2n) is 7.86. The number of piperidine rings is 1. The van der Waals surface area contributed by atoms with Gasteiger partial charge in [0.2, 0.25) is 5.91 Å². The van der Waals surface area contributed by atoms with Crippen LogP contribution in [0.5, 0.6) is 0 Å². The summed E-state index contributed by atoms with van der Waals surface area (Å²) in [5.41, 5.74) is 0.535. The van der Waals surface area contributed by atoms with Crippen LogP contribution in [0.3, 0.4) is 0 Å². The van der Waals surface area contributed by atoms with Gasteiger partial charge in [0.05, 0.1) is 18.1 Å². The van der Waals surface area contributed by atoms with Crippen LogP contribution in [0.4, 0.5) is 0 Å². The molecule has 0 radical (unpaired) electrons. The SMILES string of the molecule is O=C(N[C@@H](C(=O)N1CCOCC1)C1CCN(C(=O)c2cccs2)CC1)c1ccccc1. The van der Waals surface area contributed by atoms with E-state index in [-0.39, 0.29) is 23.6 Å². The molecule has 0 bridgehead atoms. The third-order valence-electron chi connectivity index (χ3n) is 5.94. The van der Waals surface area contributed by atoms with Gasteiger partial charge in [0.1, 0.15) is 6.04 Å². The number of rotatable bonds is 5. The predicted molar refractivity (Wildman–Crippen MR) is 118 cm³/mol. The number of carbonyl (C=O) groups excluding carboxylic acids is 3. The fraction of sp³-hybridized carbons (Fsp3) is 0.435. The average Bonchev–Trinajstić information content (AvgIpc) is 3.38. The Balaban J connectivity index is 1.45. The van der Waals surface area contributed by atoms with Gasteiger partial charge in [-0.2, -0.15) is 0 Å². The average molecular weight is 442 g/mol. The molecule has 3 amide bonds. The van der Waals surface area contributed by atoms with Crippen molar-refractivity contribution in [3.05, 3.63) is 58.3 Å². The minimum atomic E-state index is -0.607. The molecule has 1 N–H and O–H groups in total. The Morgan fingerprint density at radius 1 is 0.935 bits per heavy atom. The Morgan fingerprint density at radius 3 is 2.29 bits per heavy atom. The third kappa shape index (κ3) is 5.14. The number of nitrogens with one attached hydrogen (secondary N) is 1. The molecule has 2 aromatic rings. The van der Waals surface area contributed by atoms with Gasteiger partial charge in [-0.05, 0) is 42.3 Å². The maximum Gasteiger partial charge on any atom is 0.263 e. The van der Waals surface area contributed by atoms with Crippen LogP contribution < -0.4 is 5.32 Å². The molecule has 31 heavy (non-hydrogen) atoms. The highest BCUT2D eigenvalue weighted by Crippen LogP contribution is 2.25. The predicted octanol–water partition coefficient (Wildman–Crippen LogP) is 2.26. The van der Waals surface area contributed by atoms with Crippen molar-refractivity contribution in [1.29, 1.82) is 0 Å². The van der Waals surface area contributed by atoms with Crippen LogP contribution in [0.2, 0.25) is 0 Å². The van der Waals surface area contributed by atoms with Gasteiger partial charge in [-0.15, -0.1) is 11.3 Å². The molecule has 0 unspecified atom stereocenters. The first-order valence-corrected chi connectivity index (χ1v) is 11.6. The maximum absolute atomic E-state index is 13.3. The normalized spacial score (nSPS) is 18.5. The van der Waals surface area contributed by atoms with Crippen molar-refractivity contribution in [3.63, 3.8) is 0 Å². The van der Waals surface area contributed by atoms with Crippen LogP contribution in [0.1, 0.15) is 32.9 Å². The zero-order valence-corrected chi connectivity index (χ0v) is 18.2. The number of likely N-dealkylation sites (tertiary alicyclic amines) is 1. The number of benzene rings is 1. The summed E-state index contributed by atoms with van der Waals surface area (Å²) >= 11 is 1.44. The van der Waals surface area contributed by atoms with Crippen LogP contribution >= 0.6 is 11.3 Å². The van der Waals surface area contributed by atoms with Gasteiger partial charge in [0.15, 0.2) is 0 Å². The summed E-state index contributed by atoms with van der Waals surface area (Å²) in [7, 11) is 0. The van der Waals surface area contributed by atoms with Gasteiger partial charge in [-0.3, -0.25) is 14.4 Å². The number of carbonyl (C=O) groups is 3. The van der Waals surface area contributed by atoms with Crippen molar-refractivity contribution < 1.29 is 19.1 Å². The molecule has 0 spiro atoms. The lowest BCUT2D eigenvalue weighted by molar-refractivity contribution is -0.139. The molecule has 2 saturated heterocycles. The minimum Gasteiger partial charge on any atom is -0.378 e. The largest absolute Gasteiger partial charge is 0.378 e. The van der Waals surface area contributed by atoms with Gasteiger partial charge >= 0.3 is 0 Å². The van der Waals surface area contributed by atoms with E-state index in [1.807, 2.05) is 40.6 Å². The molecule has 1 aromatic heterocycles. The highest BCUT2D eigenvalue weighted by molar-refractivity contribution is 7.12. The summed E-state index contributed by atoms with van der Waals surface area (Å²) in [4.78, 5) is 43.2. The Labute approximate surface area is 186 Å². The van der Waals surface area contributed by atoms with Gasteiger partial charge < -0.3 is 19.9 Å². The number of thiophene rings is 1. The van der Waals surface area contributed by atoms with Crippen molar-refractivity contribution in [2.75, 3.05) is 39.4 Å². The summed E-state index contributed by atoms with van der Waals surface area (Å²) in [5, 5.41) is 4.90. The summed E-state index contributed by atoms with van der Waals surface area (Å²) < 4.78 is 5.38. The lowest BCUT2D eigenvalue weighted by atomic mass is 9.88. The van der Waals surface area contributed by atoms with Gasteiger partial charge in [0.25, 0.3) is 11.8 Å². The van der Waals surface area contributed by atoms with E-state index in [1.165, 1.54) is 11.3 Å². The van der Waals surface area contributed by atoms with Crippen LogP contribution in [0, 0.1) is 5.92 Å². The Hall–Kier alpha value is -2.71. The van der Waals surface area contributed by atoms with Crippen molar-refractivity contribution >= 4 is 29.1 Å². The number of hydrogen-bond acceptors (Lipinski definition) is 5. The highest BCUT2D eigenvalue weighted by Gasteiger charge is 2.36. The molecule has 164 valence electrons. The molecule has 2 aliphatic rings. The number of nitrogens with zero attached hydrogens (tertiary/aromatic N) is 2. The highest BCUT2D eigenvalue weighted by atomic mass is 32.1. The van der Waals surface area contributed by atoms with Crippen LogP contribution in [0.15, 0.2) is 47.8 Å². The van der Waals surface area contributed by atoms with Crippen molar-refractivity contribution in [2.45, 2.75) is 18.9 Å². The first kappa shape index (κ1) is 21.5. The second-order valence-corrected chi connectivity index (χ2v) is 8.81. The number of ether oxygens (including phenoxy) is 1. The zero-order chi connectivity index (χ0) is 21.6. The number of amides is 3. The summed E-state index contributed by atoms with van der Waals surface area (Å²) in [5.74, 6) is -0.284. The molecular formula is C23H27N3O4S. The van der Waals surface area contributed by atoms with Crippen LogP contribution in [-0.4, -0.2) is 73.0 Å². The quantitative estimate of drug-likeness (QED) is 0.772. The van der Waals surface area contributed by atoms with E-state index >= 15 is 0 Å². The molecule has 2 aliphatic heterocycles. The molecule has 1 aromatic carbocycles. The Kier molecular flexibility index (Phi) is 6.99. The van der Waals surface area contributed by atoms with Crippen molar-refractivity contribution in [2.24, 2.45) is 5.92 Å². The lowest BCUT2D eigenvalue weighted by Gasteiger charge is -2.38. The van der Waals surface area contributed by atoms with Crippen LogP contribution in [-0.2, 0) is 9.53 Å². The van der Waals surface area contributed by atoms with E-state index in [2.05, 4.69) is 5.32 Å². The molecular weight excluding hydrogens is 414 g/mol. The van der Waals surface area contributed by atoms with E-state index in [0.29, 0.717) is 57.8 Å². The maximum atomic E-state index is 13.3. The van der Waals surface area contributed by atoms with Crippen molar-refractivity contribution in [1.82, 2.24) is 15.1 Å². The molecule has 7 nitrogen and oxygen atoms in total. The van der Waals surface area contributed by atoms with E-state index in [9.17, 15) is 14.4 Å². The number of hydrogen-bond donors (Lipinski definition) is 1. The molecule has 0 saturated carbocycles. The van der Waals surface area contributed by atoms with Gasteiger partial charge in [-0.1, -0.05) is 24.3 Å². The van der Waals surface area contributed by atoms with Gasteiger partial charge in [-0.25, -0.2) is 0 Å². The fourth-order valence-corrected chi connectivity index (χ4v) is 4.86. The lowest BCUT2D eigenvalue weighted by Crippen LogP contribution is -2.56. The molecule has 8 heteroatoms. The van der Waals surface area contributed by atoms with E-state index in [1.54, 1.807) is 17.0 Å². The molecule has 1 atom stereocenters.